The second-order valence-electron chi connectivity index (χ2n) is 7.97. The quantitative estimate of drug-likeness (QED) is 0.481. The maximum atomic E-state index is 14.0. The Bertz CT molecular complexity index is 712. The van der Waals surface area contributed by atoms with Crippen molar-refractivity contribution in [1.29, 1.82) is 0 Å². The van der Waals surface area contributed by atoms with E-state index in [1.807, 2.05) is 19.1 Å². The van der Waals surface area contributed by atoms with E-state index >= 15 is 0 Å². The van der Waals surface area contributed by atoms with Crippen LogP contribution in [0.5, 0.6) is 0 Å². The number of nitrogens with one attached hydrogen (secondary N) is 1. The predicted octanol–water partition coefficient (Wildman–Crippen LogP) is 4.86. The fraction of sp³-hybridized carbons (Fsp3) is 0.522. The molecule has 4 rings (SSSR count). The van der Waals surface area contributed by atoms with Crippen molar-refractivity contribution < 1.29 is 14.3 Å². The molecule has 3 aliphatic rings. The standard InChI is InChI=1S/C23H30FNO2/c1-16-7-8-19(22(24)13-16)14-25-15-21-18-11-9-17(10-12-18)20(21)5-3-2-4-6-23(26)27/h3,5,7-9,11,13,17-18,20-21,25H,2,4,6,10,12,14-15H2,1H3,(H,26,27)/b5-3-/t17-,18+,20+,21+/m1/s1. The molecule has 3 nitrogen and oxygen atoms in total. The highest BCUT2D eigenvalue weighted by Crippen LogP contribution is 2.45. The average Bonchev–Trinajstić information content (AvgIpc) is 2.64. The Kier molecular flexibility index (Phi) is 6.84. The Morgan fingerprint density at radius 3 is 2.78 bits per heavy atom. The minimum atomic E-state index is -0.728. The van der Waals surface area contributed by atoms with Crippen LogP contribution in [0.1, 0.15) is 43.2 Å². The van der Waals surface area contributed by atoms with Gasteiger partial charge in [0.2, 0.25) is 0 Å². The highest BCUT2D eigenvalue weighted by atomic mass is 19.1. The van der Waals surface area contributed by atoms with Crippen molar-refractivity contribution in [1.82, 2.24) is 5.32 Å². The van der Waals surface area contributed by atoms with Crippen LogP contribution in [-0.2, 0) is 11.3 Å². The van der Waals surface area contributed by atoms with E-state index in [0.717, 1.165) is 24.1 Å². The topological polar surface area (TPSA) is 49.3 Å². The molecule has 0 amide bonds. The highest BCUT2D eigenvalue weighted by Gasteiger charge is 2.38. The summed E-state index contributed by atoms with van der Waals surface area (Å²) >= 11 is 0. The second kappa shape index (κ2) is 9.32. The fourth-order valence-electron chi connectivity index (χ4n) is 4.51. The third kappa shape index (κ3) is 5.29. The van der Waals surface area contributed by atoms with Gasteiger partial charge in [-0.3, -0.25) is 4.79 Å². The Labute approximate surface area is 161 Å². The number of carbonyl (C=O) groups is 1. The minimum Gasteiger partial charge on any atom is -0.481 e. The molecule has 1 aromatic rings. The van der Waals surface area contributed by atoms with Gasteiger partial charge in [-0.25, -0.2) is 4.39 Å². The zero-order valence-electron chi connectivity index (χ0n) is 16.0. The van der Waals surface area contributed by atoms with Gasteiger partial charge in [-0.15, -0.1) is 0 Å². The van der Waals surface area contributed by atoms with Crippen LogP contribution in [0.25, 0.3) is 0 Å². The molecule has 0 unspecified atom stereocenters. The number of aryl methyl sites for hydroxylation is 1. The lowest BCUT2D eigenvalue weighted by Crippen LogP contribution is -2.41. The molecule has 0 spiro atoms. The van der Waals surface area contributed by atoms with Gasteiger partial charge in [0.15, 0.2) is 0 Å². The summed E-state index contributed by atoms with van der Waals surface area (Å²) in [4.78, 5) is 10.6. The van der Waals surface area contributed by atoms with Gasteiger partial charge in [-0.05, 0) is 74.5 Å². The Morgan fingerprint density at radius 1 is 1.30 bits per heavy atom. The van der Waals surface area contributed by atoms with E-state index in [9.17, 15) is 9.18 Å². The first-order valence-electron chi connectivity index (χ1n) is 10.1. The second-order valence-corrected chi connectivity index (χ2v) is 7.97. The number of allylic oxidation sites excluding steroid dienone is 4. The van der Waals surface area contributed by atoms with Crippen LogP contribution >= 0.6 is 0 Å². The molecule has 0 saturated heterocycles. The van der Waals surface area contributed by atoms with Crippen molar-refractivity contribution in [2.24, 2.45) is 23.7 Å². The number of fused-ring (bicyclic) bond motifs is 2. The van der Waals surface area contributed by atoms with Crippen molar-refractivity contribution >= 4 is 5.97 Å². The lowest BCUT2D eigenvalue weighted by Gasteiger charge is -2.44. The van der Waals surface area contributed by atoms with E-state index in [2.05, 4.69) is 29.6 Å². The summed E-state index contributed by atoms with van der Waals surface area (Å²) in [5.41, 5.74) is 1.66. The minimum absolute atomic E-state index is 0.137. The number of hydrogen-bond acceptors (Lipinski definition) is 2. The monoisotopic (exact) mass is 371 g/mol. The molecule has 2 bridgehead atoms. The summed E-state index contributed by atoms with van der Waals surface area (Å²) < 4.78 is 14.0. The van der Waals surface area contributed by atoms with Crippen LogP contribution in [0, 0.1) is 36.4 Å². The third-order valence-corrected chi connectivity index (χ3v) is 6.00. The Morgan fingerprint density at radius 2 is 2.07 bits per heavy atom. The smallest absolute Gasteiger partial charge is 0.303 e. The third-order valence-electron chi connectivity index (χ3n) is 6.00. The van der Waals surface area contributed by atoms with E-state index in [1.54, 1.807) is 6.07 Å². The molecule has 146 valence electrons. The molecule has 4 heteroatoms. The number of benzene rings is 1. The van der Waals surface area contributed by atoms with E-state index < -0.39 is 5.97 Å². The van der Waals surface area contributed by atoms with Crippen LogP contribution in [-0.4, -0.2) is 17.6 Å². The Balaban J connectivity index is 1.55. The van der Waals surface area contributed by atoms with Gasteiger partial charge < -0.3 is 10.4 Å². The summed E-state index contributed by atoms with van der Waals surface area (Å²) in [6, 6.07) is 5.41. The highest BCUT2D eigenvalue weighted by molar-refractivity contribution is 5.66. The first-order chi connectivity index (χ1) is 13.0. The summed E-state index contributed by atoms with van der Waals surface area (Å²) in [5, 5.41) is 12.2. The Hall–Kier alpha value is -1.94. The molecule has 1 aromatic carbocycles. The number of rotatable bonds is 9. The SMILES string of the molecule is Cc1ccc(CNC[C@@H]2[C@@H](/C=C\CCCC(=O)O)[C@@H]3C=C[C@H]2CC3)c(F)c1. The number of halogens is 1. The maximum Gasteiger partial charge on any atom is 0.303 e. The van der Waals surface area contributed by atoms with Gasteiger partial charge in [-0.2, -0.15) is 0 Å². The first-order valence-corrected chi connectivity index (χ1v) is 10.1. The van der Waals surface area contributed by atoms with Gasteiger partial charge in [0.05, 0.1) is 0 Å². The zero-order chi connectivity index (χ0) is 19.2. The van der Waals surface area contributed by atoms with Crippen molar-refractivity contribution in [3.63, 3.8) is 0 Å². The molecule has 0 radical (unpaired) electrons. The molecule has 0 aliphatic heterocycles. The van der Waals surface area contributed by atoms with Gasteiger partial charge >= 0.3 is 5.97 Å². The van der Waals surface area contributed by atoms with Crippen molar-refractivity contribution in [3.05, 3.63) is 59.4 Å². The maximum absolute atomic E-state index is 14.0. The van der Waals surface area contributed by atoms with E-state index in [1.165, 1.54) is 12.8 Å². The number of carboxylic acids is 1. The number of carboxylic acid groups (broad SMARTS) is 1. The van der Waals surface area contributed by atoms with Crippen LogP contribution in [0.3, 0.4) is 0 Å². The number of unbranched alkanes of at least 4 members (excludes halogenated alkanes) is 1. The van der Waals surface area contributed by atoms with E-state index in [0.29, 0.717) is 36.6 Å². The molecule has 3 aliphatic carbocycles. The van der Waals surface area contributed by atoms with Crippen molar-refractivity contribution in [3.8, 4) is 0 Å². The zero-order valence-corrected chi connectivity index (χ0v) is 16.0. The fourth-order valence-corrected chi connectivity index (χ4v) is 4.51. The predicted molar refractivity (Wildman–Crippen MR) is 106 cm³/mol. The first kappa shape index (κ1) is 19.8. The number of aliphatic carboxylic acids is 1. The van der Waals surface area contributed by atoms with Crippen LogP contribution in [0.2, 0.25) is 0 Å². The van der Waals surface area contributed by atoms with Gasteiger partial charge in [-0.1, -0.05) is 36.4 Å². The van der Waals surface area contributed by atoms with Gasteiger partial charge in [0.25, 0.3) is 0 Å². The molecule has 1 saturated carbocycles. The molecule has 0 heterocycles. The lowest BCUT2D eigenvalue weighted by atomic mass is 9.62. The van der Waals surface area contributed by atoms with Crippen LogP contribution in [0.15, 0.2) is 42.5 Å². The normalized spacial score (nSPS) is 26.7. The van der Waals surface area contributed by atoms with E-state index in [4.69, 9.17) is 5.11 Å². The summed E-state index contributed by atoms with van der Waals surface area (Å²) in [7, 11) is 0. The van der Waals surface area contributed by atoms with Gasteiger partial charge in [0, 0.05) is 18.5 Å². The van der Waals surface area contributed by atoms with E-state index in [-0.39, 0.29) is 12.2 Å². The summed E-state index contributed by atoms with van der Waals surface area (Å²) in [5.74, 6) is 1.32. The molecular weight excluding hydrogens is 341 g/mol. The molecule has 0 aromatic heterocycles. The summed E-state index contributed by atoms with van der Waals surface area (Å²) in [6.45, 7) is 3.33. The summed E-state index contributed by atoms with van der Waals surface area (Å²) in [6.07, 6.45) is 13.4. The average molecular weight is 371 g/mol. The molecule has 27 heavy (non-hydrogen) atoms. The number of hydrogen-bond donors (Lipinski definition) is 2. The molecule has 4 atom stereocenters. The van der Waals surface area contributed by atoms with Crippen molar-refractivity contribution in [2.45, 2.75) is 45.6 Å². The van der Waals surface area contributed by atoms with Crippen LogP contribution in [0.4, 0.5) is 4.39 Å². The van der Waals surface area contributed by atoms with Crippen molar-refractivity contribution in [2.75, 3.05) is 6.54 Å². The molecular formula is C23H30FNO2. The largest absolute Gasteiger partial charge is 0.481 e. The van der Waals surface area contributed by atoms with Gasteiger partial charge in [0.1, 0.15) is 5.82 Å². The lowest BCUT2D eigenvalue weighted by molar-refractivity contribution is -0.137. The molecule has 1 fully saturated rings. The molecule has 2 N–H and O–H groups in total. The van der Waals surface area contributed by atoms with Crippen LogP contribution < -0.4 is 5.32 Å².